The lowest BCUT2D eigenvalue weighted by atomic mass is 9.78. The molecule has 0 aliphatic carbocycles. The average molecular weight is 387 g/mol. The maximum Gasteiger partial charge on any atom is 0.228 e. The Bertz CT molecular complexity index is 790. The van der Waals surface area contributed by atoms with Gasteiger partial charge in [0.05, 0.1) is 18.4 Å². The molecule has 1 aromatic carbocycles. The molecule has 0 spiro atoms. The predicted molar refractivity (Wildman–Crippen MR) is 108 cm³/mol. The van der Waals surface area contributed by atoms with E-state index in [1.807, 2.05) is 23.1 Å². The number of nitrogens with one attached hydrogen (secondary N) is 1. The summed E-state index contributed by atoms with van der Waals surface area (Å²) in [5.74, 6) is 0.0553. The van der Waals surface area contributed by atoms with Crippen molar-refractivity contribution in [2.45, 2.75) is 19.3 Å². The standard InChI is InChI=1S/C21H26N2O3S/c1-22-20(25)21(10-11-23(15-21)19(24)9-12-26-2)14-16-6-3-4-7-17(16)18-8-5-13-27-18/h3-8,13H,9-12,14-15H2,1-2H3,(H,22,25)/t21-/m1/s1. The maximum atomic E-state index is 12.8. The summed E-state index contributed by atoms with van der Waals surface area (Å²) in [6, 6.07) is 12.4. The molecule has 3 rings (SSSR count). The monoisotopic (exact) mass is 386 g/mol. The van der Waals surface area contributed by atoms with Gasteiger partial charge in [0, 0.05) is 32.1 Å². The third-order valence-corrected chi connectivity index (χ3v) is 6.17. The molecule has 0 bridgehead atoms. The number of carbonyl (C=O) groups is 2. The number of methoxy groups -OCH3 is 1. The zero-order chi connectivity index (χ0) is 19.3. The van der Waals surface area contributed by atoms with Crippen LogP contribution in [0.25, 0.3) is 10.4 Å². The van der Waals surface area contributed by atoms with Gasteiger partial charge in [0.15, 0.2) is 0 Å². The Morgan fingerprint density at radius 1 is 1.26 bits per heavy atom. The van der Waals surface area contributed by atoms with E-state index in [-0.39, 0.29) is 11.8 Å². The number of benzene rings is 1. The molecule has 2 aromatic rings. The number of amides is 2. The topological polar surface area (TPSA) is 58.6 Å². The molecule has 1 aliphatic heterocycles. The minimum absolute atomic E-state index is 0.00511. The summed E-state index contributed by atoms with van der Waals surface area (Å²) in [6.07, 6.45) is 1.64. The molecule has 1 atom stereocenters. The Morgan fingerprint density at radius 3 is 2.78 bits per heavy atom. The largest absolute Gasteiger partial charge is 0.384 e. The van der Waals surface area contributed by atoms with Gasteiger partial charge in [-0.2, -0.15) is 0 Å². The van der Waals surface area contributed by atoms with E-state index < -0.39 is 5.41 Å². The lowest BCUT2D eigenvalue weighted by Gasteiger charge is -2.28. The first-order chi connectivity index (χ1) is 13.1. The molecule has 2 amide bonds. The van der Waals surface area contributed by atoms with Crippen LogP contribution in [0, 0.1) is 5.41 Å². The second kappa shape index (κ2) is 8.67. The smallest absolute Gasteiger partial charge is 0.228 e. The van der Waals surface area contributed by atoms with Crippen LogP contribution < -0.4 is 5.32 Å². The van der Waals surface area contributed by atoms with Gasteiger partial charge in [-0.15, -0.1) is 11.3 Å². The number of likely N-dealkylation sites (tertiary alicyclic amines) is 1. The first kappa shape index (κ1) is 19.6. The fourth-order valence-corrected chi connectivity index (χ4v) is 4.61. The Morgan fingerprint density at radius 2 is 2.07 bits per heavy atom. The van der Waals surface area contributed by atoms with Crippen molar-refractivity contribution in [2.75, 3.05) is 33.9 Å². The number of nitrogens with zero attached hydrogens (tertiary/aromatic N) is 1. The molecular formula is C21H26N2O3S. The number of hydrogen-bond acceptors (Lipinski definition) is 4. The van der Waals surface area contributed by atoms with Crippen LogP contribution in [0.2, 0.25) is 0 Å². The number of carbonyl (C=O) groups excluding carboxylic acids is 2. The fourth-order valence-electron chi connectivity index (χ4n) is 3.82. The summed E-state index contributed by atoms with van der Waals surface area (Å²) in [4.78, 5) is 28.3. The predicted octanol–water partition coefficient (Wildman–Crippen LogP) is 2.96. The Hall–Kier alpha value is -2.18. The van der Waals surface area contributed by atoms with Gasteiger partial charge >= 0.3 is 0 Å². The Kier molecular flexibility index (Phi) is 6.29. The van der Waals surface area contributed by atoms with Crippen LogP contribution in [-0.2, 0) is 20.7 Å². The van der Waals surface area contributed by atoms with Crippen LogP contribution in [0.4, 0.5) is 0 Å². The van der Waals surface area contributed by atoms with Crippen LogP contribution >= 0.6 is 11.3 Å². The first-order valence-electron chi connectivity index (χ1n) is 9.20. The SMILES string of the molecule is CNC(=O)[C@@]1(Cc2ccccc2-c2cccs2)CCN(C(=O)CCOC)C1. The first-order valence-corrected chi connectivity index (χ1v) is 10.1. The number of ether oxygens (including phenoxy) is 1. The molecule has 6 heteroatoms. The number of rotatable bonds is 7. The van der Waals surface area contributed by atoms with Crippen LogP contribution in [-0.4, -0.2) is 50.6 Å². The molecule has 1 aromatic heterocycles. The molecule has 27 heavy (non-hydrogen) atoms. The fraction of sp³-hybridized carbons (Fsp3) is 0.429. The van der Waals surface area contributed by atoms with Crippen molar-refractivity contribution in [3.05, 3.63) is 47.3 Å². The number of thiophene rings is 1. The Balaban J connectivity index is 1.86. The molecule has 1 aliphatic rings. The zero-order valence-corrected chi connectivity index (χ0v) is 16.7. The highest BCUT2D eigenvalue weighted by Crippen LogP contribution is 2.38. The van der Waals surface area contributed by atoms with Gasteiger partial charge in [0.25, 0.3) is 0 Å². The second-order valence-corrected chi connectivity index (χ2v) is 7.93. The van der Waals surface area contributed by atoms with E-state index >= 15 is 0 Å². The van der Waals surface area contributed by atoms with Crippen molar-refractivity contribution in [1.29, 1.82) is 0 Å². The second-order valence-electron chi connectivity index (χ2n) is 6.98. The van der Waals surface area contributed by atoms with Gasteiger partial charge in [0.2, 0.25) is 11.8 Å². The Labute approximate surface area is 164 Å². The van der Waals surface area contributed by atoms with E-state index in [9.17, 15) is 9.59 Å². The molecule has 5 nitrogen and oxygen atoms in total. The highest BCUT2D eigenvalue weighted by molar-refractivity contribution is 7.13. The van der Waals surface area contributed by atoms with Gasteiger partial charge < -0.3 is 15.0 Å². The normalized spacial score (nSPS) is 19.3. The van der Waals surface area contributed by atoms with Gasteiger partial charge in [-0.25, -0.2) is 0 Å². The highest BCUT2D eigenvalue weighted by atomic mass is 32.1. The average Bonchev–Trinajstić information content (AvgIpc) is 3.37. The van der Waals surface area contributed by atoms with Crippen LogP contribution in [0.3, 0.4) is 0 Å². The van der Waals surface area contributed by atoms with Gasteiger partial charge in [0.1, 0.15) is 0 Å². The lowest BCUT2D eigenvalue weighted by Crippen LogP contribution is -2.44. The van der Waals surface area contributed by atoms with Crippen LogP contribution in [0.15, 0.2) is 41.8 Å². The molecular weight excluding hydrogens is 360 g/mol. The van der Waals surface area contributed by atoms with Crippen molar-refractivity contribution >= 4 is 23.2 Å². The molecule has 1 saturated heterocycles. The molecule has 0 unspecified atom stereocenters. The van der Waals surface area contributed by atoms with E-state index in [2.05, 4.69) is 28.9 Å². The van der Waals surface area contributed by atoms with Gasteiger partial charge in [-0.05, 0) is 35.4 Å². The van der Waals surface area contributed by atoms with Gasteiger partial charge in [-0.3, -0.25) is 9.59 Å². The molecule has 2 heterocycles. The quantitative estimate of drug-likeness (QED) is 0.796. The summed E-state index contributed by atoms with van der Waals surface area (Å²) >= 11 is 1.70. The van der Waals surface area contributed by atoms with Crippen molar-refractivity contribution in [3.63, 3.8) is 0 Å². The minimum atomic E-state index is -0.592. The third kappa shape index (κ3) is 4.22. The molecule has 144 valence electrons. The summed E-state index contributed by atoms with van der Waals surface area (Å²) in [7, 11) is 3.26. The van der Waals surface area contributed by atoms with Crippen LogP contribution in [0.5, 0.6) is 0 Å². The molecule has 0 radical (unpaired) electrons. The van der Waals surface area contributed by atoms with E-state index in [4.69, 9.17) is 4.74 Å². The third-order valence-electron chi connectivity index (χ3n) is 5.27. The van der Waals surface area contributed by atoms with E-state index in [0.29, 0.717) is 39.0 Å². The minimum Gasteiger partial charge on any atom is -0.384 e. The van der Waals surface area contributed by atoms with Crippen molar-refractivity contribution in [2.24, 2.45) is 5.41 Å². The highest BCUT2D eigenvalue weighted by Gasteiger charge is 2.45. The van der Waals surface area contributed by atoms with Crippen molar-refractivity contribution < 1.29 is 14.3 Å². The van der Waals surface area contributed by atoms with Crippen molar-refractivity contribution in [1.82, 2.24) is 10.2 Å². The summed E-state index contributed by atoms with van der Waals surface area (Å²) in [5.41, 5.74) is 1.72. The summed E-state index contributed by atoms with van der Waals surface area (Å²) < 4.78 is 5.02. The maximum absolute atomic E-state index is 12.8. The van der Waals surface area contributed by atoms with E-state index in [1.54, 1.807) is 25.5 Å². The summed E-state index contributed by atoms with van der Waals surface area (Å²) in [5, 5.41) is 4.89. The van der Waals surface area contributed by atoms with Crippen LogP contribution in [0.1, 0.15) is 18.4 Å². The molecule has 1 N–H and O–H groups in total. The molecule has 1 fully saturated rings. The number of hydrogen-bond donors (Lipinski definition) is 1. The summed E-state index contributed by atoms with van der Waals surface area (Å²) in [6.45, 7) is 1.47. The molecule has 0 saturated carbocycles. The van der Waals surface area contributed by atoms with Gasteiger partial charge in [-0.1, -0.05) is 30.3 Å². The lowest BCUT2D eigenvalue weighted by molar-refractivity contribution is -0.133. The van der Waals surface area contributed by atoms with E-state index in [0.717, 1.165) is 5.56 Å². The van der Waals surface area contributed by atoms with Crippen molar-refractivity contribution in [3.8, 4) is 10.4 Å². The van der Waals surface area contributed by atoms with E-state index in [1.165, 1.54) is 10.4 Å². The zero-order valence-electron chi connectivity index (χ0n) is 15.9.